The second kappa shape index (κ2) is 12.8. The van der Waals surface area contributed by atoms with E-state index in [9.17, 15) is 14.4 Å². The van der Waals surface area contributed by atoms with Crippen LogP contribution in [0.2, 0.25) is 0 Å². The molecule has 1 amide bonds. The van der Waals surface area contributed by atoms with Crippen molar-refractivity contribution in [3.8, 4) is 0 Å². The van der Waals surface area contributed by atoms with E-state index >= 15 is 4.39 Å². The topological polar surface area (TPSA) is 127 Å². The summed E-state index contributed by atoms with van der Waals surface area (Å²) in [6, 6.07) is 24.7. The zero-order valence-electron chi connectivity index (χ0n) is 21.6. The summed E-state index contributed by atoms with van der Waals surface area (Å²) in [5, 5.41) is 13.1. The van der Waals surface area contributed by atoms with E-state index in [0.717, 1.165) is 0 Å². The molecule has 0 spiro atoms. The van der Waals surface area contributed by atoms with Gasteiger partial charge in [-0.15, -0.1) is 0 Å². The lowest BCUT2D eigenvalue weighted by atomic mass is 9.98. The number of carbonyl (C=O) groups excluding carboxylic acids is 3. The minimum atomic E-state index is -2.27. The van der Waals surface area contributed by atoms with Crippen LogP contribution in [0.4, 0.5) is 4.39 Å². The van der Waals surface area contributed by atoms with E-state index in [2.05, 4.69) is 10.6 Å². The molecule has 0 aromatic heterocycles. The van der Waals surface area contributed by atoms with E-state index in [4.69, 9.17) is 19.6 Å². The number of rotatable bonds is 9. The molecule has 9 nitrogen and oxygen atoms in total. The third-order valence-electron chi connectivity index (χ3n) is 6.13. The van der Waals surface area contributed by atoms with Gasteiger partial charge in [0.25, 0.3) is 5.91 Å². The maximum Gasteiger partial charge on any atom is 0.338 e. The largest absolute Gasteiger partial charge is 0.459 e. The number of alkyl halides is 1. The Balaban J connectivity index is 1.43. The summed E-state index contributed by atoms with van der Waals surface area (Å²) in [5.74, 6) is -2.13. The molecule has 0 aliphatic carbocycles. The second-order valence-corrected chi connectivity index (χ2v) is 9.10. The first-order valence-corrected chi connectivity index (χ1v) is 12.5. The van der Waals surface area contributed by atoms with Gasteiger partial charge in [-0.2, -0.15) is 0 Å². The number of hydrogen-bond acceptors (Lipinski definition) is 8. The first kappa shape index (κ1) is 28.2. The molecule has 1 heterocycles. The molecule has 206 valence electrons. The van der Waals surface area contributed by atoms with Crippen molar-refractivity contribution in [2.45, 2.75) is 31.0 Å². The van der Waals surface area contributed by atoms with Crippen molar-refractivity contribution >= 4 is 23.7 Å². The van der Waals surface area contributed by atoms with Gasteiger partial charge in [-0.25, -0.2) is 14.0 Å². The van der Waals surface area contributed by atoms with Gasteiger partial charge in [-0.1, -0.05) is 54.6 Å². The molecule has 1 aliphatic rings. The Morgan fingerprint density at radius 3 is 2.00 bits per heavy atom. The average molecular weight is 546 g/mol. The Bertz CT molecular complexity index is 1370. The highest BCUT2D eigenvalue weighted by atomic mass is 19.1. The fourth-order valence-corrected chi connectivity index (χ4v) is 4.03. The first-order chi connectivity index (χ1) is 19.3. The number of amides is 1. The van der Waals surface area contributed by atoms with E-state index in [1.165, 1.54) is 31.3 Å². The number of carbonyl (C=O) groups is 3. The van der Waals surface area contributed by atoms with Crippen LogP contribution in [0, 0.1) is 5.41 Å². The first-order valence-electron chi connectivity index (χ1n) is 12.5. The number of amidine groups is 1. The molecule has 0 bridgehead atoms. The fourth-order valence-electron chi connectivity index (χ4n) is 4.03. The lowest BCUT2D eigenvalue weighted by Crippen LogP contribution is -2.48. The van der Waals surface area contributed by atoms with Crippen LogP contribution in [0.25, 0.3) is 0 Å². The van der Waals surface area contributed by atoms with Gasteiger partial charge in [0.15, 0.2) is 18.0 Å². The van der Waals surface area contributed by atoms with Gasteiger partial charge in [0.1, 0.15) is 18.5 Å². The predicted molar refractivity (Wildman–Crippen MR) is 144 cm³/mol. The lowest BCUT2D eigenvalue weighted by Gasteiger charge is -2.27. The van der Waals surface area contributed by atoms with E-state index in [-0.39, 0.29) is 18.0 Å². The molecule has 3 aromatic rings. The molecule has 1 saturated heterocycles. The van der Waals surface area contributed by atoms with Crippen molar-refractivity contribution in [2.75, 3.05) is 6.61 Å². The normalized spacial score (nSPS) is 21.9. The molecule has 0 unspecified atom stereocenters. The van der Waals surface area contributed by atoms with Gasteiger partial charge >= 0.3 is 11.9 Å². The number of esters is 2. The van der Waals surface area contributed by atoms with Crippen LogP contribution in [0.1, 0.15) is 38.0 Å². The third kappa shape index (κ3) is 6.97. The van der Waals surface area contributed by atoms with E-state index < -0.39 is 42.0 Å². The van der Waals surface area contributed by atoms with Crippen LogP contribution in [-0.4, -0.2) is 54.4 Å². The SMILES string of the molecule is C[C@@]1(F)[C@H](OC(=O)c2ccccc2)[C@@H](COC(=O)c2ccccc2)O[C@@H]1N/C=C\C(=N)NC(=O)c1ccccc1. The highest BCUT2D eigenvalue weighted by Crippen LogP contribution is 2.36. The highest BCUT2D eigenvalue weighted by molar-refractivity contribution is 6.08. The van der Waals surface area contributed by atoms with Gasteiger partial charge in [0.2, 0.25) is 0 Å². The minimum absolute atomic E-state index is 0.220. The summed E-state index contributed by atoms with van der Waals surface area (Å²) in [4.78, 5) is 37.5. The molecule has 40 heavy (non-hydrogen) atoms. The molecule has 1 aliphatic heterocycles. The van der Waals surface area contributed by atoms with Crippen LogP contribution in [0.15, 0.2) is 103 Å². The van der Waals surface area contributed by atoms with Crippen LogP contribution >= 0.6 is 0 Å². The van der Waals surface area contributed by atoms with Crippen molar-refractivity contribution < 1.29 is 33.0 Å². The predicted octanol–water partition coefficient (Wildman–Crippen LogP) is 4.03. The zero-order valence-corrected chi connectivity index (χ0v) is 21.6. The summed E-state index contributed by atoms with van der Waals surface area (Å²) in [7, 11) is 0. The highest BCUT2D eigenvalue weighted by Gasteiger charge is 2.57. The summed E-state index contributed by atoms with van der Waals surface area (Å²) in [6.45, 7) is 0.813. The molecule has 4 atom stereocenters. The van der Waals surface area contributed by atoms with Gasteiger partial charge in [-0.05, 0) is 49.4 Å². The summed E-state index contributed by atoms with van der Waals surface area (Å²) in [5.41, 5.74) is -1.37. The van der Waals surface area contributed by atoms with Crippen molar-refractivity contribution in [3.05, 3.63) is 120 Å². The van der Waals surface area contributed by atoms with Gasteiger partial charge in [0, 0.05) is 11.8 Å². The molecular weight excluding hydrogens is 517 g/mol. The van der Waals surface area contributed by atoms with Gasteiger partial charge in [0.05, 0.1) is 11.1 Å². The molecule has 3 N–H and O–H groups in total. The Kier molecular flexibility index (Phi) is 9.03. The van der Waals surface area contributed by atoms with Crippen molar-refractivity contribution in [1.29, 1.82) is 5.41 Å². The van der Waals surface area contributed by atoms with Crippen LogP contribution in [0.3, 0.4) is 0 Å². The number of benzene rings is 3. The van der Waals surface area contributed by atoms with Crippen molar-refractivity contribution in [2.24, 2.45) is 0 Å². The van der Waals surface area contributed by atoms with E-state index in [1.54, 1.807) is 78.9 Å². The lowest BCUT2D eigenvalue weighted by molar-refractivity contribution is -0.0459. The zero-order chi connectivity index (χ0) is 28.5. The summed E-state index contributed by atoms with van der Waals surface area (Å²) >= 11 is 0. The van der Waals surface area contributed by atoms with Crippen LogP contribution in [0.5, 0.6) is 0 Å². The fraction of sp³-hybridized carbons (Fsp3) is 0.200. The molecule has 0 radical (unpaired) electrons. The molecule has 1 fully saturated rings. The number of nitrogens with one attached hydrogen (secondary N) is 3. The number of hydrogen-bond donors (Lipinski definition) is 3. The van der Waals surface area contributed by atoms with Crippen LogP contribution in [-0.2, 0) is 14.2 Å². The quantitative estimate of drug-likeness (QED) is 0.211. The van der Waals surface area contributed by atoms with E-state index in [1.807, 2.05) is 0 Å². The Morgan fingerprint density at radius 1 is 0.900 bits per heavy atom. The number of halogens is 1. The maximum atomic E-state index is 16.1. The second-order valence-electron chi connectivity index (χ2n) is 9.10. The summed E-state index contributed by atoms with van der Waals surface area (Å²) < 4.78 is 32.8. The van der Waals surface area contributed by atoms with Crippen molar-refractivity contribution in [3.63, 3.8) is 0 Å². The smallest absolute Gasteiger partial charge is 0.338 e. The Morgan fingerprint density at radius 2 is 1.43 bits per heavy atom. The Hall–Kier alpha value is -4.83. The molecule has 4 rings (SSSR count). The molecule has 0 saturated carbocycles. The summed E-state index contributed by atoms with van der Waals surface area (Å²) in [6.07, 6.45) is -1.46. The molecule has 10 heteroatoms. The van der Waals surface area contributed by atoms with Crippen LogP contribution < -0.4 is 10.6 Å². The number of ether oxygens (including phenoxy) is 3. The average Bonchev–Trinajstić information content (AvgIpc) is 3.21. The maximum absolute atomic E-state index is 16.1. The van der Waals surface area contributed by atoms with Crippen molar-refractivity contribution in [1.82, 2.24) is 10.6 Å². The molecular formula is C30H28FN3O6. The van der Waals surface area contributed by atoms with Gasteiger partial charge < -0.3 is 24.8 Å². The standard InChI is InChI=1S/C30H28FN3O6/c1-30(31)25(40-28(37)22-15-9-4-10-16-22)23(19-38-27(36)21-13-7-3-8-14-21)39-29(30)33-18-17-24(32)34-26(35)20-11-5-2-6-12-20/h2-18,23,25,29,33H,19H2,1H3,(H2,32,34,35)/b18-17-/t23-,25-,29+,30-/m1/s1. The third-order valence-corrected chi connectivity index (χ3v) is 6.13. The minimum Gasteiger partial charge on any atom is -0.459 e. The van der Waals surface area contributed by atoms with E-state index in [0.29, 0.717) is 11.1 Å². The Labute approximate surface area is 230 Å². The monoisotopic (exact) mass is 545 g/mol. The molecule has 3 aromatic carbocycles. The van der Waals surface area contributed by atoms with Gasteiger partial charge in [-0.3, -0.25) is 10.2 Å².